The molecule has 6 nitrogen and oxygen atoms in total. The van der Waals surface area contributed by atoms with Gasteiger partial charge in [-0.3, -0.25) is 4.79 Å². The largest absolute Gasteiger partial charge is 0.502 e. The number of aliphatic hydroxyl groups is 1. The topological polar surface area (TPSA) is 96.7 Å². The third-order valence-corrected chi connectivity index (χ3v) is 1.78. The molecule has 0 saturated heterocycles. The maximum absolute atomic E-state index is 11.1. The van der Waals surface area contributed by atoms with Crippen LogP contribution < -0.4 is 5.43 Å². The molecule has 0 aliphatic carbocycles. The van der Waals surface area contributed by atoms with Crippen LogP contribution in [0, 0.1) is 0 Å². The molecule has 2 heterocycles. The second-order valence-electron chi connectivity index (χ2n) is 2.83. The average molecular weight is 209 g/mol. The van der Waals surface area contributed by atoms with Crippen LogP contribution in [0.2, 0.25) is 0 Å². The number of nitrogens with zero attached hydrogens (tertiary/aromatic N) is 1. The lowest BCUT2D eigenvalue weighted by Crippen LogP contribution is -1.97. The lowest BCUT2D eigenvalue weighted by Gasteiger charge is -1.93. The predicted octanol–water partition coefficient (Wildman–Crippen LogP) is 0.493. The number of aromatic hydroxyl groups is 1. The molecule has 2 rings (SSSR count). The molecule has 0 bridgehead atoms. The third-order valence-electron chi connectivity index (χ3n) is 1.78. The molecule has 2 aromatic heterocycles. The molecule has 2 N–H and O–H groups in total. The molecule has 78 valence electrons. The van der Waals surface area contributed by atoms with Gasteiger partial charge in [-0.05, 0) is 0 Å². The van der Waals surface area contributed by atoms with Crippen molar-refractivity contribution >= 4 is 0 Å². The molecule has 15 heavy (non-hydrogen) atoms. The SMILES string of the molecule is O=c1cc(-c2cc(CO)on2)occ1O. The lowest BCUT2D eigenvalue weighted by atomic mass is 10.3. The van der Waals surface area contributed by atoms with E-state index >= 15 is 0 Å². The second kappa shape index (κ2) is 3.58. The average Bonchev–Trinajstić information content (AvgIpc) is 2.70. The van der Waals surface area contributed by atoms with E-state index < -0.39 is 11.2 Å². The van der Waals surface area contributed by atoms with Gasteiger partial charge >= 0.3 is 0 Å². The van der Waals surface area contributed by atoms with Crippen LogP contribution in [0.5, 0.6) is 5.75 Å². The van der Waals surface area contributed by atoms with Crippen LogP contribution in [0.15, 0.2) is 32.1 Å². The molecule has 0 radical (unpaired) electrons. The van der Waals surface area contributed by atoms with Crippen LogP contribution in [-0.4, -0.2) is 15.4 Å². The Kier molecular flexibility index (Phi) is 2.26. The summed E-state index contributed by atoms with van der Waals surface area (Å²) in [6.07, 6.45) is 0.922. The van der Waals surface area contributed by atoms with E-state index in [4.69, 9.17) is 19.2 Å². The summed E-state index contributed by atoms with van der Waals surface area (Å²) in [5.74, 6) is -0.0356. The van der Waals surface area contributed by atoms with Crippen molar-refractivity contribution in [1.29, 1.82) is 0 Å². The first-order valence-corrected chi connectivity index (χ1v) is 4.09. The van der Waals surface area contributed by atoms with Gasteiger partial charge in [0.2, 0.25) is 5.43 Å². The van der Waals surface area contributed by atoms with Crippen molar-refractivity contribution in [3.63, 3.8) is 0 Å². The van der Waals surface area contributed by atoms with Crippen LogP contribution >= 0.6 is 0 Å². The second-order valence-corrected chi connectivity index (χ2v) is 2.83. The Morgan fingerprint density at radius 2 is 2.20 bits per heavy atom. The van der Waals surface area contributed by atoms with Crippen molar-refractivity contribution in [2.24, 2.45) is 0 Å². The highest BCUT2D eigenvalue weighted by atomic mass is 16.5. The summed E-state index contributed by atoms with van der Waals surface area (Å²) in [5, 5.41) is 21.3. The van der Waals surface area contributed by atoms with Gasteiger partial charge in [-0.25, -0.2) is 0 Å². The van der Waals surface area contributed by atoms with Crippen molar-refractivity contribution in [3.05, 3.63) is 34.4 Å². The highest BCUT2D eigenvalue weighted by molar-refractivity contribution is 5.51. The fourth-order valence-electron chi connectivity index (χ4n) is 1.04. The van der Waals surface area contributed by atoms with E-state index in [1.807, 2.05) is 0 Å². The van der Waals surface area contributed by atoms with Gasteiger partial charge in [0.1, 0.15) is 18.6 Å². The van der Waals surface area contributed by atoms with Gasteiger partial charge in [0.05, 0.1) is 0 Å². The van der Waals surface area contributed by atoms with Crippen molar-refractivity contribution in [3.8, 4) is 17.2 Å². The molecule has 6 heteroatoms. The number of aliphatic hydroxyl groups excluding tert-OH is 1. The minimum Gasteiger partial charge on any atom is -0.502 e. The van der Waals surface area contributed by atoms with E-state index in [2.05, 4.69) is 5.16 Å². The van der Waals surface area contributed by atoms with E-state index in [-0.39, 0.29) is 23.8 Å². The molecule has 0 aliphatic rings. The zero-order valence-electron chi connectivity index (χ0n) is 7.51. The van der Waals surface area contributed by atoms with E-state index in [1.54, 1.807) is 0 Å². The van der Waals surface area contributed by atoms with Crippen molar-refractivity contribution in [2.75, 3.05) is 0 Å². The Morgan fingerprint density at radius 1 is 1.40 bits per heavy atom. The molecule has 0 spiro atoms. The molecule has 0 amide bonds. The van der Waals surface area contributed by atoms with Crippen LogP contribution in [-0.2, 0) is 6.61 Å². The van der Waals surface area contributed by atoms with Gasteiger partial charge < -0.3 is 19.2 Å². The summed E-state index contributed by atoms with van der Waals surface area (Å²) in [6, 6.07) is 2.53. The van der Waals surface area contributed by atoms with Gasteiger partial charge in [-0.15, -0.1) is 0 Å². The summed E-state index contributed by atoms with van der Waals surface area (Å²) in [4.78, 5) is 11.1. The highest BCUT2D eigenvalue weighted by Crippen LogP contribution is 2.18. The lowest BCUT2D eigenvalue weighted by molar-refractivity contribution is 0.229. The van der Waals surface area contributed by atoms with E-state index in [0.717, 1.165) is 12.3 Å². The smallest absolute Gasteiger partial charge is 0.227 e. The Labute approximate surface area is 83.4 Å². The van der Waals surface area contributed by atoms with Crippen LogP contribution in [0.25, 0.3) is 11.5 Å². The van der Waals surface area contributed by atoms with E-state index in [1.165, 1.54) is 6.07 Å². The van der Waals surface area contributed by atoms with Crippen molar-refractivity contribution in [1.82, 2.24) is 5.16 Å². The van der Waals surface area contributed by atoms with Crippen LogP contribution in [0.1, 0.15) is 5.76 Å². The Bertz CT molecular complexity index is 527. The van der Waals surface area contributed by atoms with Gasteiger partial charge in [-0.1, -0.05) is 5.16 Å². The summed E-state index contributed by atoms with van der Waals surface area (Å²) < 4.78 is 9.64. The van der Waals surface area contributed by atoms with Crippen LogP contribution in [0.4, 0.5) is 0 Å². The Morgan fingerprint density at radius 3 is 2.80 bits per heavy atom. The van der Waals surface area contributed by atoms with Crippen molar-refractivity contribution < 1.29 is 19.2 Å². The number of hydrogen-bond acceptors (Lipinski definition) is 6. The predicted molar refractivity (Wildman–Crippen MR) is 48.1 cm³/mol. The van der Waals surface area contributed by atoms with Gasteiger partial charge in [0.25, 0.3) is 0 Å². The molecule has 0 aromatic carbocycles. The fourth-order valence-corrected chi connectivity index (χ4v) is 1.04. The van der Waals surface area contributed by atoms with E-state index in [0.29, 0.717) is 0 Å². The Balaban J connectivity index is 2.45. The summed E-state index contributed by atoms with van der Waals surface area (Å²) in [6.45, 7) is -0.282. The van der Waals surface area contributed by atoms with Gasteiger partial charge in [-0.2, -0.15) is 0 Å². The Hall–Kier alpha value is -2.08. The summed E-state index contributed by atoms with van der Waals surface area (Å²) in [7, 11) is 0. The minimum atomic E-state index is -0.565. The molecule has 0 atom stereocenters. The first-order chi connectivity index (χ1) is 7.20. The van der Waals surface area contributed by atoms with Crippen LogP contribution in [0.3, 0.4) is 0 Å². The standard InChI is InChI=1S/C9H7NO5/c11-3-5-1-6(10-15-5)9-2-7(12)8(13)4-14-9/h1-2,4,11,13H,3H2. The fraction of sp³-hybridized carbons (Fsp3) is 0.111. The number of aromatic nitrogens is 1. The van der Waals surface area contributed by atoms with E-state index in [9.17, 15) is 4.79 Å². The molecule has 0 aliphatic heterocycles. The van der Waals surface area contributed by atoms with Crippen molar-refractivity contribution in [2.45, 2.75) is 6.61 Å². The maximum Gasteiger partial charge on any atom is 0.227 e. The molecule has 0 fully saturated rings. The quantitative estimate of drug-likeness (QED) is 0.747. The summed E-state index contributed by atoms with van der Waals surface area (Å²) in [5.41, 5.74) is -0.277. The zero-order valence-corrected chi connectivity index (χ0v) is 7.51. The monoisotopic (exact) mass is 209 g/mol. The molecule has 0 saturated carbocycles. The molecular weight excluding hydrogens is 202 g/mol. The zero-order chi connectivity index (χ0) is 10.8. The first kappa shape index (κ1) is 9.47. The number of hydrogen-bond donors (Lipinski definition) is 2. The molecular formula is C9H7NO5. The third kappa shape index (κ3) is 1.75. The maximum atomic E-state index is 11.1. The normalized spacial score (nSPS) is 10.5. The van der Waals surface area contributed by atoms with Gasteiger partial charge in [0.15, 0.2) is 17.3 Å². The molecule has 2 aromatic rings. The van der Waals surface area contributed by atoms with Gasteiger partial charge in [0, 0.05) is 12.1 Å². The minimum absolute atomic E-state index is 0.168. The highest BCUT2D eigenvalue weighted by Gasteiger charge is 2.09. The first-order valence-electron chi connectivity index (χ1n) is 4.09. The molecule has 0 unspecified atom stereocenters. The summed E-state index contributed by atoms with van der Waals surface area (Å²) >= 11 is 0. The number of rotatable bonds is 2.